The third-order valence-electron chi connectivity index (χ3n) is 4.52. The second-order valence-corrected chi connectivity index (χ2v) is 6.86. The van der Waals surface area contributed by atoms with E-state index in [1.54, 1.807) is 0 Å². The summed E-state index contributed by atoms with van der Waals surface area (Å²) in [6, 6.07) is 0. The molecule has 21 heavy (non-hydrogen) atoms. The van der Waals surface area contributed by atoms with E-state index in [1.807, 2.05) is 5.98 Å². The Hall–Kier alpha value is -0.355. The zero-order valence-electron chi connectivity index (χ0n) is 13.9. The summed E-state index contributed by atoms with van der Waals surface area (Å²) in [5.41, 5.74) is -0.521. The van der Waals surface area contributed by atoms with Crippen molar-refractivity contribution in [2.45, 2.75) is 77.3 Å². The van der Waals surface area contributed by atoms with Crippen LogP contribution in [0.2, 0.25) is 0 Å². The zero-order valence-corrected chi connectivity index (χ0v) is 13.9. The van der Waals surface area contributed by atoms with Crippen LogP contribution in [0.15, 0.2) is 12.1 Å². The molecule has 2 saturated heterocycles. The smallest absolute Gasteiger partial charge is 0.400 e. The fourth-order valence-corrected chi connectivity index (χ4v) is 2.43. The average Bonchev–Trinajstić information content (AvgIpc) is 2.63. The second kappa shape index (κ2) is 7.27. The van der Waals surface area contributed by atoms with Crippen molar-refractivity contribution in [2.24, 2.45) is 0 Å². The quantitative estimate of drug-likeness (QED) is 0.555. The van der Waals surface area contributed by atoms with Crippen molar-refractivity contribution in [3.63, 3.8) is 0 Å². The highest BCUT2D eigenvalue weighted by Crippen LogP contribution is 2.36. The lowest BCUT2D eigenvalue weighted by Gasteiger charge is -2.32. The van der Waals surface area contributed by atoms with Crippen molar-refractivity contribution >= 4 is 7.12 Å². The van der Waals surface area contributed by atoms with Crippen LogP contribution in [0, 0.1) is 0 Å². The summed E-state index contributed by atoms with van der Waals surface area (Å²) in [6.45, 7) is 9.86. The topological polar surface area (TPSA) is 36.9 Å². The molecule has 1 atom stereocenters. The molecule has 0 bridgehead atoms. The van der Waals surface area contributed by atoms with Crippen LogP contribution in [-0.2, 0) is 18.8 Å². The maximum atomic E-state index is 5.91. The maximum absolute atomic E-state index is 5.91. The summed E-state index contributed by atoms with van der Waals surface area (Å²) < 4.78 is 23.0. The van der Waals surface area contributed by atoms with Gasteiger partial charge in [0, 0.05) is 6.61 Å². The summed E-state index contributed by atoms with van der Waals surface area (Å²) in [4.78, 5) is 0. The lowest BCUT2D eigenvalue weighted by Crippen LogP contribution is -2.41. The van der Waals surface area contributed by atoms with Gasteiger partial charge in [-0.05, 0) is 59.8 Å². The number of allylic oxidation sites excluding steroid dienone is 1. The minimum Gasteiger partial charge on any atom is -0.400 e. The Morgan fingerprint density at radius 3 is 2.48 bits per heavy atom. The molecule has 0 aliphatic carbocycles. The van der Waals surface area contributed by atoms with Gasteiger partial charge >= 0.3 is 7.12 Å². The van der Waals surface area contributed by atoms with Crippen molar-refractivity contribution in [1.29, 1.82) is 0 Å². The number of unbranched alkanes of at least 4 members (excludes halogenated alkanes) is 1. The molecule has 0 aromatic carbocycles. The highest BCUT2D eigenvalue weighted by molar-refractivity contribution is 6.51. The molecule has 2 heterocycles. The second-order valence-electron chi connectivity index (χ2n) is 6.86. The van der Waals surface area contributed by atoms with E-state index in [4.69, 9.17) is 18.8 Å². The molecule has 2 rings (SSSR count). The Kier molecular flexibility index (Phi) is 5.89. The van der Waals surface area contributed by atoms with Gasteiger partial charge in [0.15, 0.2) is 6.29 Å². The third-order valence-corrected chi connectivity index (χ3v) is 4.52. The summed E-state index contributed by atoms with van der Waals surface area (Å²) >= 11 is 0. The third kappa shape index (κ3) is 4.81. The molecule has 2 aliphatic heterocycles. The zero-order chi connectivity index (χ0) is 15.3. The van der Waals surface area contributed by atoms with Gasteiger partial charge in [0.1, 0.15) is 0 Å². The first kappa shape index (κ1) is 17.0. The number of hydrogen-bond acceptors (Lipinski definition) is 4. The lowest BCUT2D eigenvalue weighted by atomic mass is 9.89. The summed E-state index contributed by atoms with van der Waals surface area (Å²) in [7, 11) is -0.238. The van der Waals surface area contributed by atoms with Gasteiger partial charge in [-0.1, -0.05) is 12.1 Å². The summed E-state index contributed by atoms with van der Waals surface area (Å²) in [6.07, 6.45) is 7.51. The highest BCUT2D eigenvalue weighted by atomic mass is 16.7. The first-order valence-electron chi connectivity index (χ1n) is 8.16. The van der Waals surface area contributed by atoms with Gasteiger partial charge in [-0.2, -0.15) is 0 Å². The normalized spacial score (nSPS) is 28.4. The van der Waals surface area contributed by atoms with Crippen LogP contribution in [-0.4, -0.2) is 37.8 Å². The largest absolute Gasteiger partial charge is 0.486 e. The van der Waals surface area contributed by atoms with E-state index in [-0.39, 0.29) is 24.6 Å². The molecular weight excluding hydrogens is 267 g/mol. The first-order chi connectivity index (χ1) is 9.91. The van der Waals surface area contributed by atoms with Crippen molar-refractivity contribution in [3.05, 3.63) is 12.1 Å². The minimum atomic E-state index is -0.260. The fraction of sp³-hybridized carbons (Fsp3) is 0.875. The van der Waals surface area contributed by atoms with E-state index in [0.717, 1.165) is 38.9 Å². The van der Waals surface area contributed by atoms with Crippen LogP contribution in [0.1, 0.15) is 59.8 Å². The minimum absolute atomic E-state index is 0.0193. The molecular formula is C16H29BO4. The van der Waals surface area contributed by atoms with E-state index >= 15 is 0 Å². The molecule has 0 amide bonds. The molecule has 2 fully saturated rings. The summed E-state index contributed by atoms with van der Waals surface area (Å²) in [5.74, 6) is 2.01. The Morgan fingerprint density at radius 2 is 1.86 bits per heavy atom. The molecule has 1 unspecified atom stereocenters. The molecule has 0 spiro atoms. The number of ether oxygens (including phenoxy) is 2. The Morgan fingerprint density at radius 1 is 1.14 bits per heavy atom. The van der Waals surface area contributed by atoms with E-state index in [0.29, 0.717) is 0 Å². The molecule has 0 saturated carbocycles. The van der Waals surface area contributed by atoms with Gasteiger partial charge in [0.05, 0.1) is 17.8 Å². The van der Waals surface area contributed by atoms with Crippen LogP contribution >= 0.6 is 0 Å². The highest BCUT2D eigenvalue weighted by Gasteiger charge is 2.49. The Balaban J connectivity index is 1.58. The van der Waals surface area contributed by atoms with E-state index < -0.39 is 0 Å². The average molecular weight is 296 g/mol. The van der Waals surface area contributed by atoms with Gasteiger partial charge in [-0.25, -0.2) is 0 Å². The van der Waals surface area contributed by atoms with Crippen LogP contribution in [0.5, 0.6) is 0 Å². The van der Waals surface area contributed by atoms with Gasteiger partial charge in [-0.3, -0.25) is 0 Å². The molecule has 0 radical (unpaired) electrons. The van der Waals surface area contributed by atoms with E-state index in [1.165, 1.54) is 6.42 Å². The monoisotopic (exact) mass is 296 g/mol. The van der Waals surface area contributed by atoms with Gasteiger partial charge in [0.25, 0.3) is 0 Å². The van der Waals surface area contributed by atoms with Crippen molar-refractivity contribution in [2.75, 3.05) is 13.2 Å². The maximum Gasteiger partial charge on any atom is 0.486 e. The first-order valence-corrected chi connectivity index (χ1v) is 8.16. The fourth-order valence-electron chi connectivity index (χ4n) is 2.43. The van der Waals surface area contributed by atoms with Crippen molar-refractivity contribution in [1.82, 2.24) is 0 Å². The molecule has 0 aromatic rings. The molecule has 120 valence electrons. The van der Waals surface area contributed by atoms with E-state index in [9.17, 15) is 0 Å². The number of rotatable bonds is 6. The Labute approximate surface area is 129 Å². The van der Waals surface area contributed by atoms with Crippen LogP contribution in [0.3, 0.4) is 0 Å². The predicted molar refractivity (Wildman–Crippen MR) is 84.0 cm³/mol. The number of hydrogen-bond donors (Lipinski definition) is 0. The molecule has 0 aromatic heterocycles. The summed E-state index contributed by atoms with van der Waals surface area (Å²) in [5, 5.41) is 0. The van der Waals surface area contributed by atoms with E-state index in [2.05, 4.69) is 33.8 Å². The van der Waals surface area contributed by atoms with Gasteiger partial charge < -0.3 is 18.8 Å². The molecule has 5 heteroatoms. The molecule has 4 nitrogen and oxygen atoms in total. The van der Waals surface area contributed by atoms with Crippen molar-refractivity contribution in [3.8, 4) is 0 Å². The van der Waals surface area contributed by atoms with Gasteiger partial charge in [-0.15, -0.1) is 0 Å². The lowest BCUT2D eigenvalue weighted by molar-refractivity contribution is -0.162. The predicted octanol–water partition coefficient (Wildman–Crippen LogP) is 3.50. The van der Waals surface area contributed by atoms with Crippen LogP contribution in [0.25, 0.3) is 0 Å². The Bertz CT molecular complexity index is 332. The van der Waals surface area contributed by atoms with Crippen LogP contribution < -0.4 is 0 Å². The van der Waals surface area contributed by atoms with Crippen LogP contribution in [0.4, 0.5) is 0 Å². The van der Waals surface area contributed by atoms with Crippen molar-refractivity contribution < 1.29 is 18.8 Å². The standard InChI is InChI=1S/C16H29BO4/c1-15(2)16(3,4)21-17(20-15)11-7-5-8-12-18-14-10-6-9-13-19-14/h7,11,14H,5-6,8-10,12-13H2,1-4H3/b11-7+. The van der Waals surface area contributed by atoms with Gasteiger partial charge in [0.2, 0.25) is 0 Å². The molecule has 0 N–H and O–H groups in total. The SMILES string of the molecule is CC1(C)OB(/C=C/CCCOC2CCCCO2)OC1(C)C. The molecule has 2 aliphatic rings.